The quantitative estimate of drug-likeness (QED) is 0.763. The van der Waals surface area contributed by atoms with E-state index in [2.05, 4.69) is 55.0 Å². The molecule has 1 aliphatic rings. The third-order valence-corrected chi connectivity index (χ3v) is 3.81. The van der Waals surface area contributed by atoms with E-state index in [1.807, 2.05) is 0 Å². The topological polar surface area (TPSA) is 16.4 Å². The van der Waals surface area contributed by atoms with Crippen molar-refractivity contribution < 1.29 is 9.30 Å². The summed E-state index contributed by atoms with van der Waals surface area (Å²) in [5, 5.41) is 0. The van der Waals surface area contributed by atoms with Gasteiger partial charge in [0.15, 0.2) is 12.4 Å². The van der Waals surface area contributed by atoms with Crippen molar-refractivity contribution in [1.29, 1.82) is 0 Å². The lowest BCUT2D eigenvalue weighted by Crippen LogP contribution is -2.37. The highest BCUT2D eigenvalue weighted by atomic mass is 16.5. The first-order valence-corrected chi connectivity index (χ1v) is 6.93. The second-order valence-corrected chi connectivity index (χ2v) is 5.64. The minimum atomic E-state index is 0.460. The lowest BCUT2D eigenvalue weighted by molar-refractivity contribution is -0.735. The lowest BCUT2D eigenvalue weighted by atomic mass is 9.89. The molecule has 0 spiro atoms. The Morgan fingerprint density at radius 1 is 1.17 bits per heavy atom. The van der Waals surface area contributed by atoms with E-state index in [1.165, 1.54) is 31.4 Å². The molecule has 2 rings (SSSR count). The van der Waals surface area contributed by atoms with Crippen molar-refractivity contribution in [1.82, 2.24) is 0 Å². The summed E-state index contributed by atoms with van der Waals surface area (Å²) in [5.41, 5.74) is 1.22. The maximum Gasteiger partial charge on any atom is 0.252 e. The fourth-order valence-corrected chi connectivity index (χ4v) is 2.42. The normalized spacial score (nSPS) is 23.9. The summed E-state index contributed by atoms with van der Waals surface area (Å²) in [7, 11) is 4.11. The van der Waals surface area contributed by atoms with E-state index in [4.69, 9.17) is 4.74 Å². The molecule has 0 amide bonds. The Kier molecular flexibility index (Phi) is 4.59. The Morgan fingerprint density at radius 3 is 2.33 bits per heavy atom. The van der Waals surface area contributed by atoms with Gasteiger partial charge in [-0.15, -0.1) is 0 Å². The van der Waals surface area contributed by atoms with E-state index in [0.717, 1.165) is 5.92 Å². The van der Waals surface area contributed by atoms with Crippen molar-refractivity contribution in [3.63, 3.8) is 0 Å². The van der Waals surface area contributed by atoms with Crippen LogP contribution in [0.15, 0.2) is 24.5 Å². The van der Waals surface area contributed by atoms with E-state index in [-0.39, 0.29) is 0 Å². The first kappa shape index (κ1) is 13.3. The predicted octanol–water partition coefficient (Wildman–Crippen LogP) is 2.59. The molecule has 1 fully saturated rings. The van der Waals surface area contributed by atoms with Crippen LogP contribution in [0.2, 0.25) is 0 Å². The van der Waals surface area contributed by atoms with Crippen molar-refractivity contribution in [3.05, 3.63) is 24.5 Å². The first-order chi connectivity index (χ1) is 8.65. The van der Waals surface area contributed by atoms with Crippen molar-refractivity contribution in [3.8, 4) is 0 Å². The second kappa shape index (κ2) is 6.19. The van der Waals surface area contributed by atoms with Crippen LogP contribution in [0.25, 0.3) is 0 Å². The summed E-state index contributed by atoms with van der Waals surface area (Å²) in [4.78, 5) is 2.10. The monoisotopic (exact) mass is 249 g/mol. The van der Waals surface area contributed by atoms with Crippen molar-refractivity contribution in [2.75, 3.05) is 19.0 Å². The zero-order valence-electron chi connectivity index (χ0n) is 11.8. The van der Waals surface area contributed by atoms with E-state index in [1.54, 1.807) is 0 Å². The van der Waals surface area contributed by atoms with Gasteiger partial charge in [0, 0.05) is 31.9 Å². The first-order valence-electron chi connectivity index (χ1n) is 6.93. The molecule has 18 heavy (non-hydrogen) atoms. The third kappa shape index (κ3) is 3.70. The zero-order chi connectivity index (χ0) is 13.0. The Morgan fingerprint density at radius 2 is 1.78 bits per heavy atom. The highest BCUT2D eigenvalue weighted by Gasteiger charge is 2.19. The van der Waals surface area contributed by atoms with Crippen LogP contribution in [0.1, 0.15) is 32.6 Å². The molecule has 0 radical (unpaired) electrons. The van der Waals surface area contributed by atoms with E-state index >= 15 is 0 Å². The van der Waals surface area contributed by atoms with Gasteiger partial charge < -0.3 is 9.64 Å². The van der Waals surface area contributed by atoms with Crippen molar-refractivity contribution in [2.24, 2.45) is 5.92 Å². The molecule has 1 heterocycles. The molecular formula is C15H25N2O+. The molecule has 0 aromatic carbocycles. The van der Waals surface area contributed by atoms with Crippen LogP contribution in [0.3, 0.4) is 0 Å². The second-order valence-electron chi connectivity index (χ2n) is 5.64. The summed E-state index contributed by atoms with van der Waals surface area (Å²) >= 11 is 0. The molecule has 100 valence electrons. The number of hydrogen-bond acceptors (Lipinski definition) is 2. The molecule has 1 saturated carbocycles. The Balaban J connectivity index is 1.79. The lowest BCUT2D eigenvalue weighted by Gasteiger charge is -2.25. The molecule has 0 unspecified atom stereocenters. The number of aromatic nitrogens is 1. The van der Waals surface area contributed by atoms with Crippen LogP contribution < -0.4 is 9.47 Å². The fourth-order valence-electron chi connectivity index (χ4n) is 2.42. The number of anilines is 1. The minimum absolute atomic E-state index is 0.460. The van der Waals surface area contributed by atoms with E-state index in [9.17, 15) is 0 Å². The number of pyridine rings is 1. The van der Waals surface area contributed by atoms with Gasteiger partial charge in [-0.05, 0) is 31.6 Å². The summed E-state index contributed by atoms with van der Waals surface area (Å²) in [5.74, 6) is 0.886. The summed E-state index contributed by atoms with van der Waals surface area (Å²) in [6.45, 7) is 3.01. The molecule has 1 aromatic rings. The number of nitrogens with zero attached hydrogens (tertiary/aromatic N) is 2. The number of hydrogen-bond donors (Lipinski definition) is 0. The van der Waals surface area contributed by atoms with Gasteiger partial charge in [0.05, 0.1) is 6.10 Å². The van der Waals surface area contributed by atoms with Gasteiger partial charge in [-0.1, -0.05) is 6.92 Å². The van der Waals surface area contributed by atoms with Gasteiger partial charge in [-0.2, -0.15) is 4.57 Å². The van der Waals surface area contributed by atoms with Gasteiger partial charge in [-0.3, -0.25) is 0 Å². The van der Waals surface area contributed by atoms with E-state index < -0.39 is 0 Å². The molecule has 0 aliphatic heterocycles. The Hall–Kier alpha value is -1.09. The summed E-state index contributed by atoms with van der Waals surface area (Å²) in [6.07, 6.45) is 9.70. The average Bonchev–Trinajstić information content (AvgIpc) is 2.38. The van der Waals surface area contributed by atoms with Crippen molar-refractivity contribution in [2.45, 2.75) is 45.4 Å². The summed E-state index contributed by atoms with van der Waals surface area (Å²) in [6, 6.07) is 4.23. The maximum atomic E-state index is 5.97. The standard InChI is InChI=1S/C15H25N2O/c1-13-4-6-15(7-5-13)18-12-17-10-8-14(9-11-17)16(2)3/h8-11,13,15H,4-7,12H2,1-3H3/q+1. The number of ether oxygens (including phenoxy) is 1. The van der Waals surface area contributed by atoms with Crippen molar-refractivity contribution >= 4 is 5.69 Å². The maximum absolute atomic E-state index is 5.97. The fraction of sp³-hybridized carbons (Fsp3) is 0.667. The van der Waals surface area contributed by atoms with Gasteiger partial charge in [0.25, 0.3) is 6.73 Å². The Bertz CT molecular complexity index is 353. The van der Waals surface area contributed by atoms with E-state index in [0.29, 0.717) is 12.8 Å². The average molecular weight is 249 g/mol. The molecule has 0 saturated heterocycles. The van der Waals surface area contributed by atoms with Gasteiger partial charge in [0.2, 0.25) is 0 Å². The van der Waals surface area contributed by atoms with Gasteiger partial charge in [0.1, 0.15) is 0 Å². The molecule has 3 nitrogen and oxygen atoms in total. The molecule has 3 heteroatoms. The van der Waals surface area contributed by atoms with Crippen LogP contribution >= 0.6 is 0 Å². The van der Waals surface area contributed by atoms with Crippen LogP contribution in [0.5, 0.6) is 0 Å². The molecule has 1 aliphatic carbocycles. The van der Waals surface area contributed by atoms with Crippen LogP contribution in [0.4, 0.5) is 5.69 Å². The van der Waals surface area contributed by atoms with Crippen LogP contribution in [-0.2, 0) is 11.5 Å². The highest BCUT2D eigenvalue weighted by molar-refractivity contribution is 5.41. The Labute approximate surface area is 110 Å². The van der Waals surface area contributed by atoms with Gasteiger partial charge in [-0.25, -0.2) is 0 Å². The van der Waals surface area contributed by atoms with Crippen LogP contribution in [0, 0.1) is 5.92 Å². The SMILES string of the molecule is CC1CCC(OC[n+]2ccc(N(C)C)cc2)CC1. The zero-order valence-corrected chi connectivity index (χ0v) is 11.8. The molecule has 0 atom stereocenters. The predicted molar refractivity (Wildman–Crippen MR) is 73.5 cm³/mol. The molecule has 1 aromatic heterocycles. The number of rotatable bonds is 4. The summed E-state index contributed by atoms with van der Waals surface area (Å²) < 4.78 is 8.07. The van der Waals surface area contributed by atoms with Gasteiger partial charge >= 0.3 is 0 Å². The molecular weight excluding hydrogens is 224 g/mol. The third-order valence-electron chi connectivity index (χ3n) is 3.81. The minimum Gasteiger partial charge on any atom is -0.377 e. The van der Waals surface area contributed by atoms with Crippen LogP contribution in [-0.4, -0.2) is 20.2 Å². The smallest absolute Gasteiger partial charge is 0.252 e. The molecule has 0 N–H and O–H groups in total. The highest BCUT2D eigenvalue weighted by Crippen LogP contribution is 2.25. The molecule has 0 bridgehead atoms. The largest absolute Gasteiger partial charge is 0.377 e.